The maximum Gasteiger partial charge on any atom is 0.124 e. The number of rotatable bonds is 3. The van der Waals surface area contributed by atoms with Crippen LogP contribution in [0.1, 0.15) is 35.7 Å². The van der Waals surface area contributed by atoms with Crippen LogP contribution in [-0.2, 0) is 6.54 Å². The molecular weight excluding hydrogens is 257 g/mol. The lowest BCUT2D eigenvalue weighted by atomic mass is 10.0. The Morgan fingerprint density at radius 1 is 1.50 bits per heavy atom. The highest BCUT2D eigenvalue weighted by atomic mass is 19.1. The molecule has 2 N–H and O–H groups in total. The molecule has 0 spiro atoms. The summed E-state index contributed by atoms with van der Waals surface area (Å²) in [7, 11) is 0. The van der Waals surface area contributed by atoms with Gasteiger partial charge in [-0.05, 0) is 38.0 Å². The number of nitrogens with zero attached hydrogens (tertiary/aromatic N) is 1. The quantitative estimate of drug-likeness (QED) is 0.905. The van der Waals surface area contributed by atoms with E-state index in [2.05, 4.69) is 15.5 Å². The summed E-state index contributed by atoms with van der Waals surface area (Å²) in [5.41, 5.74) is 3.10. The zero-order chi connectivity index (χ0) is 13.9. The smallest absolute Gasteiger partial charge is 0.124 e. The first kappa shape index (κ1) is 13.1. The molecule has 0 saturated carbocycles. The number of aryl methyl sites for hydroxylation is 1. The number of benzene rings is 1. The van der Waals surface area contributed by atoms with Crippen molar-refractivity contribution >= 4 is 0 Å². The molecule has 4 nitrogen and oxygen atoms in total. The first-order valence-corrected chi connectivity index (χ1v) is 6.88. The molecule has 1 aliphatic rings. The number of aromatic amines is 1. The van der Waals surface area contributed by atoms with Gasteiger partial charge in [-0.1, -0.05) is 0 Å². The van der Waals surface area contributed by atoms with Crippen LogP contribution in [0.15, 0.2) is 24.4 Å². The lowest BCUT2D eigenvalue weighted by Gasteiger charge is -2.18. The molecule has 20 heavy (non-hydrogen) atoms. The molecule has 1 aromatic carbocycles. The fourth-order valence-corrected chi connectivity index (χ4v) is 2.55. The molecule has 2 heterocycles. The second-order valence-corrected chi connectivity index (χ2v) is 5.13. The Hall–Kier alpha value is -1.88. The van der Waals surface area contributed by atoms with Crippen molar-refractivity contribution in [3.63, 3.8) is 0 Å². The highest BCUT2D eigenvalue weighted by Crippen LogP contribution is 2.32. The van der Waals surface area contributed by atoms with Crippen molar-refractivity contribution in [1.29, 1.82) is 0 Å². The van der Waals surface area contributed by atoms with Gasteiger partial charge in [-0.3, -0.25) is 5.10 Å². The number of H-pyrrole nitrogens is 1. The monoisotopic (exact) mass is 275 g/mol. The summed E-state index contributed by atoms with van der Waals surface area (Å²) >= 11 is 0. The van der Waals surface area contributed by atoms with Gasteiger partial charge in [-0.25, -0.2) is 4.39 Å². The summed E-state index contributed by atoms with van der Waals surface area (Å²) in [6.45, 7) is 3.39. The maximum absolute atomic E-state index is 13.5. The van der Waals surface area contributed by atoms with Gasteiger partial charge in [0, 0.05) is 29.4 Å². The highest BCUT2D eigenvalue weighted by Gasteiger charge is 2.20. The molecule has 1 unspecified atom stereocenters. The minimum atomic E-state index is -0.222. The minimum absolute atomic E-state index is 0.109. The Morgan fingerprint density at radius 3 is 3.20 bits per heavy atom. The molecule has 0 amide bonds. The molecule has 1 atom stereocenters. The van der Waals surface area contributed by atoms with Crippen molar-refractivity contribution in [2.24, 2.45) is 0 Å². The van der Waals surface area contributed by atoms with Crippen LogP contribution < -0.4 is 10.1 Å². The molecule has 106 valence electrons. The third-order valence-corrected chi connectivity index (χ3v) is 3.72. The van der Waals surface area contributed by atoms with Gasteiger partial charge in [-0.15, -0.1) is 0 Å². The average molecular weight is 275 g/mol. The van der Waals surface area contributed by atoms with E-state index >= 15 is 0 Å². The van der Waals surface area contributed by atoms with E-state index < -0.39 is 0 Å². The first-order chi connectivity index (χ1) is 9.74. The van der Waals surface area contributed by atoms with Gasteiger partial charge in [0.2, 0.25) is 0 Å². The second kappa shape index (κ2) is 5.63. The fraction of sp³-hybridized carbons (Fsp3) is 0.400. The summed E-state index contributed by atoms with van der Waals surface area (Å²) < 4.78 is 19.1. The summed E-state index contributed by atoms with van der Waals surface area (Å²) in [5, 5.41) is 10.4. The number of fused-ring (bicyclic) bond motifs is 1. The van der Waals surface area contributed by atoms with Gasteiger partial charge < -0.3 is 10.1 Å². The molecule has 1 aliphatic heterocycles. The van der Waals surface area contributed by atoms with Crippen molar-refractivity contribution in [3.8, 4) is 5.75 Å². The SMILES string of the molecule is Cc1[nH]ncc1CNC1CCCOc2ccc(F)cc21. The Balaban J connectivity index is 1.79. The summed E-state index contributed by atoms with van der Waals surface area (Å²) in [4.78, 5) is 0. The largest absolute Gasteiger partial charge is 0.493 e. The zero-order valence-electron chi connectivity index (χ0n) is 11.4. The predicted octanol–water partition coefficient (Wildman–Crippen LogP) is 2.86. The molecule has 1 aromatic heterocycles. The van der Waals surface area contributed by atoms with E-state index in [0.29, 0.717) is 13.2 Å². The van der Waals surface area contributed by atoms with Crippen LogP contribution in [0.3, 0.4) is 0 Å². The van der Waals surface area contributed by atoms with Crippen molar-refractivity contribution in [3.05, 3.63) is 47.0 Å². The zero-order valence-corrected chi connectivity index (χ0v) is 11.4. The number of nitrogens with one attached hydrogen (secondary N) is 2. The van der Waals surface area contributed by atoms with Crippen LogP contribution >= 0.6 is 0 Å². The molecule has 2 aromatic rings. The van der Waals surface area contributed by atoms with Crippen molar-refractivity contribution < 1.29 is 9.13 Å². The van der Waals surface area contributed by atoms with Crippen molar-refractivity contribution in [2.45, 2.75) is 32.4 Å². The third kappa shape index (κ3) is 2.67. The summed E-state index contributed by atoms with van der Waals surface area (Å²) in [6.07, 6.45) is 3.72. The van der Waals surface area contributed by atoms with Crippen molar-refractivity contribution in [1.82, 2.24) is 15.5 Å². The minimum Gasteiger partial charge on any atom is -0.493 e. The number of hydrogen-bond donors (Lipinski definition) is 2. The topological polar surface area (TPSA) is 49.9 Å². The number of ether oxygens (including phenoxy) is 1. The Kier molecular flexibility index (Phi) is 3.69. The van der Waals surface area contributed by atoms with Crippen LogP contribution in [0.2, 0.25) is 0 Å². The van der Waals surface area contributed by atoms with E-state index in [1.165, 1.54) is 6.07 Å². The molecule has 3 rings (SSSR count). The van der Waals surface area contributed by atoms with E-state index in [1.807, 2.05) is 13.1 Å². The van der Waals surface area contributed by atoms with E-state index in [0.717, 1.165) is 35.4 Å². The van der Waals surface area contributed by atoms with Gasteiger partial charge in [0.25, 0.3) is 0 Å². The average Bonchev–Trinajstić information content (AvgIpc) is 2.74. The third-order valence-electron chi connectivity index (χ3n) is 3.72. The van der Waals surface area contributed by atoms with Crippen LogP contribution in [0.5, 0.6) is 5.75 Å². The van der Waals surface area contributed by atoms with Gasteiger partial charge in [0.05, 0.1) is 12.8 Å². The van der Waals surface area contributed by atoms with Crippen LogP contribution in [0, 0.1) is 12.7 Å². The molecular formula is C15H18FN3O. The lowest BCUT2D eigenvalue weighted by Crippen LogP contribution is -2.21. The van der Waals surface area contributed by atoms with Crippen LogP contribution in [-0.4, -0.2) is 16.8 Å². The lowest BCUT2D eigenvalue weighted by molar-refractivity contribution is 0.315. The molecule has 0 saturated heterocycles. The fourth-order valence-electron chi connectivity index (χ4n) is 2.55. The molecule has 0 bridgehead atoms. The molecule has 0 fully saturated rings. The second-order valence-electron chi connectivity index (χ2n) is 5.13. The highest BCUT2D eigenvalue weighted by molar-refractivity contribution is 5.37. The van der Waals surface area contributed by atoms with E-state index in [9.17, 15) is 4.39 Å². The van der Waals surface area contributed by atoms with Gasteiger partial charge >= 0.3 is 0 Å². The van der Waals surface area contributed by atoms with Crippen molar-refractivity contribution in [2.75, 3.05) is 6.61 Å². The van der Waals surface area contributed by atoms with E-state index in [-0.39, 0.29) is 11.9 Å². The van der Waals surface area contributed by atoms with Gasteiger partial charge in [0.15, 0.2) is 0 Å². The van der Waals surface area contributed by atoms with E-state index in [1.54, 1.807) is 12.1 Å². The van der Waals surface area contributed by atoms with Crippen LogP contribution in [0.25, 0.3) is 0 Å². The molecule has 5 heteroatoms. The number of halogens is 1. The Morgan fingerprint density at radius 2 is 2.40 bits per heavy atom. The van der Waals surface area contributed by atoms with Gasteiger partial charge in [0.1, 0.15) is 11.6 Å². The Labute approximate surface area is 117 Å². The molecule has 0 radical (unpaired) electrons. The maximum atomic E-state index is 13.5. The number of aromatic nitrogens is 2. The Bertz CT molecular complexity index is 597. The van der Waals surface area contributed by atoms with E-state index in [4.69, 9.17) is 4.74 Å². The normalized spacial score (nSPS) is 18.2. The number of hydrogen-bond acceptors (Lipinski definition) is 3. The summed E-state index contributed by atoms with van der Waals surface area (Å²) in [6, 6.07) is 4.84. The van der Waals surface area contributed by atoms with Crippen LogP contribution in [0.4, 0.5) is 4.39 Å². The summed E-state index contributed by atoms with van der Waals surface area (Å²) in [5.74, 6) is 0.561. The predicted molar refractivity (Wildman–Crippen MR) is 74.0 cm³/mol. The molecule has 0 aliphatic carbocycles. The van der Waals surface area contributed by atoms with Gasteiger partial charge in [-0.2, -0.15) is 5.10 Å². The standard InChI is InChI=1S/C15H18FN3O/c1-10-11(9-18-19-10)8-17-14-3-2-6-20-15-5-4-12(16)7-13(14)15/h4-5,7,9,14,17H,2-3,6,8H2,1H3,(H,18,19). The first-order valence-electron chi connectivity index (χ1n) is 6.88.